The topological polar surface area (TPSA) is 16.4 Å². The van der Waals surface area contributed by atoms with E-state index in [0.29, 0.717) is 6.04 Å². The third-order valence-electron chi connectivity index (χ3n) is 4.26. The molecule has 2 nitrogen and oxygen atoms in total. The predicted octanol–water partition coefficient (Wildman–Crippen LogP) is 3.63. The number of fused-ring (bicyclic) bond motifs is 3. The number of para-hydroxylation sites is 1. The maximum absolute atomic E-state index is 5.97. The molecule has 0 amide bonds. The van der Waals surface area contributed by atoms with Crippen molar-refractivity contribution in [2.45, 2.75) is 39.2 Å². The standard InChI is InChI=1S/C16H21NO/c1-3-17(4-2)12-9-10-16-14(11-12)13-7-5-6-8-15(13)18-16/h5-8,12H,3-4,9-11H2,1-2H3. The molecule has 1 heterocycles. The summed E-state index contributed by atoms with van der Waals surface area (Å²) < 4.78 is 5.97. The van der Waals surface area contributed by atoms with Crippen LogP contribution in [0.1, 0.15) is 31.6 Å². The zero-order valence-electron chi connectivity index (χ0n) is 11.3. The molecule has 1 atom stereocenters. The molecule has 96 valence electrons. The smallest absolute Gasteiger partial charge is 0.134 e. The lowest BCUT2D eigenvalue weighted by Gasteiger charge is -2.32. The molecule has 3 rings (SSSR count). The van der Waals surface area contributed by atoms with Crippen molar-refractivity contribution in [3.8, 4) is 0 Å². The van der Waals surface area contributed by atoms with Crippen molar-refractivity contribution in [3.63, 3.8) is 0 Å². The second-order valence-corrected chi connectivity index (χ2v) is 5.12. The first kappa shape index (κ1) is 11.8. The minimum absolute atomic E-state index is 0.688. The SMILES string of the molecule is CCN(CC)C1CCc2oc3ccccc3c2C1. The molecule has 1 unspecified atom stereocenters. The summed E-state index contributed by atoms with van der Waals surface area (Å²) in [6.07, 6.45) is 3.47. The van der Waals surface area contributed by atoms with Gasteiger partial charge in [0.2, 0.25) is 0 Å². The van der Waals surface area contributed by atoms with Gasteiger partial charge in [-0.05, 0) is 32.0 Å². The van der Waals surface area contributed by atoms with Gasteiger partial charge in [0.1, 0.15) is 11.3 Å². The van der Waals surface area contributed by atoms with Crippen molar-refractivity contribution in [1.82, 2.24) is 4.90 Å². The Kier molecular flexibility index (Phi) is 3.13. The number of likely N-dealkylation sites (N-methyl/N-ethyl adjacent to an activating group) is 1. The first-order valence-corrected chi connectivity index (χ1v) is 7.06. The maximum atomic E-state index is 5.97. The fourth-order valence-electron chi connectivity index (χ4n) is 3.26. The van der Waals surface area contributed by atoms with Crippen LogP contribution >= 0.6 is 0 Å². The summed E-state index contributed by atoms with van der Waals surface area (Å²) in [6.45, 7) is 6.80. The minimum Gasteiger partial charge on any atom is -0.461 e. The summed E-state index contributed by atoms with van der Waals surface area (Å²) in [6, 6.07) is 9.13. The molecule has 0 bridgehead atoms. The van der Waals surface area contributed by atoms with Gasteiger partial charge in [-0.3, -0.25) is 0 Å². The second kappa shape index (κ2) is 4.77. The number of nitrogens with zero attached hydrogens (tertiary/aromatic N) is 1. The molecule has 0 fully saturated rings. The van der Waals surface area contributed by atoms with Gasteiger partial charge in [-0.15, -0.1) is 0 Å². The molecule has 0 aliphatic heterocycles. The van der Waals surface area contributed by atoms with Crippen molar-refractivity contribution in [2.24, 2.45) is 0 Å². The van der Waals surface area contributed by atoms with Gasteiger partial charge < -0.3 is 9.32 Å². The monoisotopic (exact) mass is 243 g/mol. The Balaban J connectivity index is 1.96. The second-order valence-electron chi connectivity index (χ2n) is 5.12. The zero-order chi connectivity index (χ0) is 12.5. The van der Waals surface area contributed by atoms with E-state index < -0.39 is 0 Å². The number of aryl methyl sites for hydroxylation is 1. The largest absolute Gasteiger partial charge is 0.461 e. The van der Waals surface area contributed by atoms with Crippen LogP contribution < -0.4 is 0 Å². The van der Waals surface area contributed by atoms with Gasteiger partial charge >= 0.3 is 0 Å². The highest BCUT2D eigenvalue weighted by atomic mass is 16.3. The first-order chi connectivity index (χ1) is 8.83. The van der Waals surface area contributed by atoms with E-state index in [0.717, 1.165) is 31.5 Å². The fraction of sp³-hybridized carbons (Fsp3) is 0.500. The van der Waals surface area contributed by atoms with E-state index in [1.54, 1.807) is 0 Å². The van der Waals surface area contributed by atoms with Crippen molar-refractivity contribution in [2.75, 3.05) is 13.1 Å². The summed E-state index contributed by atoms with van der Waals surface area (Å²) in [5.41, 5.74) is 2.51. The Morgan fingerprint density at radius 3 is 2.78 bits per heavy atom. The van der Waals surface area contributed by atoms with E-state index >= 15 is 0 Å². The molecule has 18 heavy (non-hydrogen) atoms. The number of benzene rings is 1. The van der Waals surface area contributed by atoms with Crippen LogP contribution in [0.2, 0.25) is 0 Å². The Hall–Kier alpha value is -1.28. The summed E-state index contributed by atoms with van der Waals surface area (Å²) in [5.74, 6) is 1.22. The Morgan fingerprint density at radius 2 is 2.00 bits per heavy atom. The summed E-state index contributed by atoms with van der Waals surface area (Å²) in [7, 11) is 0. The molecule has 2 aromatic rings. The van der Waals surface area contributed by atoms with Crippen molar-refractivity contribution in [1.29, 1.82) is 0 Å². The summed E-state index contributed by atoms with van der Waals surface area (Å²) >= 11 is 0. The van der Waals surface area contributed by atoms with Gasteiger partial charge in [-0.25, -0.2) is 0 Å². The third-order valence-corrected chi connectivity index (χ3v) is 4.26. The molecule has 2 heteroatoms. The highest BCUT2D eigenvalue weighted by Crippen LogP contribution is 2.33. The van der Waals surface area contributed by atoms with Gasteiger partial charge in [0.25, 0.3) is 0 Å². The number of hydrogen-bond acceptors (Lipinski definition) is 2. The molecule has 0 saturated heterocycles. The molecule has 1 aliphatic carbocycles. The van der Waals surface area contributed by atoms with Crippen LogP contribution in [0.5, 0.6) is 0 Å². The molecular formula is C16H21NO. The summed E-state index contributed by atoms with van der Waals surface area (Å²) in [5, 5.41) is 1.32. The lowest BCUT2D eigenvalue weighted by Crippen LogP contribution is -2.38. The Bertz CT molecular complexity index is 539. The van der Waals surface area contributed by atoms with Gasteiger partial charge in [-0.1, -0.05) is 32.0 Å². The normalized spacial score (nSPS) is 19.4. The molecule has 1 aromatic carbocycles. The van der Waals surface area contributed by atoms with Crippen molar-refractivity contribution in [3.05, 3.63) is 35.6 Å². The molecule has 0 spiro atoms. The van der Waals surface area contributed by atoms with E-state index in [2.05, 4.69) is 43.0 Å². The molecular weight excluding hydrogens is 222 g/mol. The van der Waals surface area contributed by atoms with Crippen LogP contribution in [0.3, 0.4) is 0 Å². The Labute approximate surface area is 109 Å². The van der Waals surface area contributed by atoms with Crippen LogP contribution in [0.25, 0.3) is 11.0 Å². The van der Waals surface area contributed by atoms with Crippen molar-refractivity contribution < 1.29 is 4.42 Å². The minimum atomic E-state index is 0.688. The van der Waals surface area contributed by atoms with Gasteiger partial charge in [0.05, 0.1) is 0 Å². The average Bonchev–Trinajstić information content (AvgIpc) is 2.78. The summed E-state index contributed by atoms with van der Waals surface area (Å²) in [4.78, 5) is 2.57. The molecule has 1 aromatic heterocycles. The molecule has 0 N–H and O–H groups in total. The van der Waals surface area contributed by atoms with E-state index in [1.165, 1.54) is 23.1 Å². The lowest BCUT2D eigenvalue weighted by atomic mass is 9.90. The predicted molar refractivity (Wildman–Crippen MR) is 74.9 cm³/mol. The quantitative estimate of drug-likeness (QED) is 0.818. The zero-order valence-corrected chi connectivity index (χ0v) is 11.3. The van der Waals surface area contributed by atoms with E-state index in [9.17, 15) is 0 Å². The first-order valence-electron chi connectivity index (χ1n) is 7.06. The Morgan fingerprint density at radius 1 is 1.22 bits per heavy atom. The van der Waals surface area contributed by atoms with E-state index in [-0.39, 0.29) is 0 Å². The molecule has 0 saturated carbocycles. The van der Waals surface area contributed by atoms with Crippen LogP contribution in [-0.4, -0.2) is 24.0 Å². The van der Waals surface area contributed by atoms with E-state index in [1.807, 2.05) is 0 Å². The van der Waals surface area contributed by atoms with Gasteiger partial charge in [0.15, 0.2) is 0 Å². The van der Waals surface area contributed by atoms with Crippen LogP contribution in [0.4, 0.5) is 0 Å². The van der Waals surface area contributed by atoms with Crippen LogP contribution in [-0.2, 0) is 12.8 Å². The lowest BCUT2D eigenvalue weighted by molar-refractivity contribution is 0.195. The average molecular weight is 243 g/mol. The van der Waals surface area contributed by atoms with Crippen LogP contribution in [0, 0.1) is 0 Å². The van der Waals surface area contributed by atoms with Gasteiger partial charge in [0, 0.05) is 23.4 Å². The number of rotatable bonds is 3. The van der Waals surface area contributed by atoms with E-state index in [4.69, 9.17) is 4.42 Å². The number of furan rings is 1. The van der Waals surface area contributed by atoms with Crippen molar-refractivity contribution >= 4 is 11.0 Å². The third kappa shape index (κ3) is 1.85. The molecule has 0 radical (unpaired) electrons. The maximum Gasteiger partial charge on any atom is 0.134 e. The fourth-order valence-corrected chi connectivity index (χ4v) is 3.26. The van der Waals surface area contributed by atoms with Gasteiger partial charge in [-0.2, -0.15) is 0 Å². The highest BCUT2D eigenvalue weighted by Gasteiger charge is 2.26. The highest BCUT2D eigenvalue weighted by molar-refractivity contribution is 5.82. The molecule has 1 aliphatic rings. The van der Waals surface area contributed by atoms with Crippen LogP contribution in [0.15, 0.2) is 28.7 Å². The number of hydrogen-bond donors (Lipinski definition) is 0.